The summed E-state index contributed by atoms with van der Waals surface area (Å²) in [4.78, 5) is 0. The summed E-state index contributed by atoms with van der Waals surface area (Å²) >= 11 is 0. The Morgan fingerprint density at radius 2 is 1.84 bits per heavy atom. The lowest BCUT2D eigenvalue weighted by atomic mass is 10.1. The van der Waals surface area contributed by atoms with Crippen molar-refractivity contribution in [3.8, 4) is 22.9 Å². The van der Waals surface area contributed by atoms with E-state index in [2.05, 4.69) is 25.9 Å². The fourth-order valence-corrected chi connectivity index (χ4v) is 2.06. The summed E-state index contributed by atoms with van der Waals surface area (Å²) in [5, 5.41) is 17.2. The van der Waals surface area contributed by atoms with Crippen LogP contribution in [0.15, 0.2) is 42.5 Å². The Bertz CT molecular complexity index is 739. The highest BCUT2D eigenvalue weighted by molar-refractivity contribution is 5.77. The number of H-pyrrole nitrogens is 1. The van der Waals surface area contributed by atoms with Gasteiger partial charge in [0.1, 0.15) is 0 Å². The van der Waals surface area contributed by atoms with Gasteiger partial charge in [0.25, 0.3) is 0 Å². The van der Waals surface area contributed by atoms with Gasteiger partial charge in [-0.05, 0) is 35.5 Å². The van der Waals surface area contributed by atoms with E-state index in [0.29, 0.717) is 5.82 Å². The lowest BCUT2D eigenvalue weighted by molar-refractivity contribution is 0.481. The second kappa shape index (κ2) is 3.81. The van der Waals surface area contributed by atoms with Crippen LogP contribution in [-0.4, -0.2) is 20.6 Å². The predicted molar refractivity (Wildman–Crippen MR) is 69.4 cm³/mol. The van der Waals surface area contributed by atoms with Gasteiger partial charge in [-0.2, -0.15) is 5.21 Å². The minimum atomic E-state index is 0.547. The number of nitrogens with one attached hydrogen (secondary N) is 2. The SMILES string of the molecule is c1ccc2c(c1)Nc1ccc(-c3nn[nH]n3)cc1O2. The Kier molecular flexibility index (Phi) is 2.02. The Balaban J connectivity index is 1.78. The van der Waals surface area contributed by atoms with Crippen LogP contribution in [-0.2, 0) is 0 Å². The van der Waals surface area contributed by atoms with Crippen molar-refractivity contribution in [1.29, 1.82) is 0 Å². The van der Waals surface area contributed by atoms with Gasteiger partial charge in [-0.15, -0.1) is 10.2 Å². The molecule has 0 atom stereocenters. The molecule has 2 N–H and O–H groups in total. The maximum Gasteiger partial charge on any atom is 0.204 e. The number of aromatic amines is 1. The van der Waals surface area contributed by atoms with Crippen molar-refractivity contribution in [3.63, 3.8) is 0 Å². The maximum atomic E-state index is 5.87. The van der Waals surface area contributed by atoms with E-state index in [4.69, 9.17) is 4.74 Å². The minimum absolute atomic E-state index is 0.547. The normalized spacial score (nSPS) is 12.0. The molecule has 0 radical (unpaired) electrons. The molecule has 0 saturated carbocycles. The number of anilines is 2. The molecule has 1 aromatic heterocycles. The van der Waals surface area contributed by atoms with Crippen molar-refractivity contribution >= 4 is 11.4 Å². The van der Waals surface area contributed by atoms with E-state index >= 15 is 0 Å². The van der Waals surface area contributed by atoms with Crippen molar-refractivity contribution in [1.82, 2.24) is 20.6 Å². The summed E-state index contributed by atoms with van der Waals surface area (Å²) in [7, 11) is 0. The molecule has 4 rings (SSSR count). The minimum Gasteiger partial charge on any atom is -0.453 e. The third kappa shape index (κ3) is 1.61. The number of aromatic nitrogens is 4. The molecule has 6 nitrogen and oxygen atoms in total. The van der Waals surface area contributed by atoms with Crippen LogP contribution in [0, 0.1) is 0 Å². The number of ether oxygens (including phenoxy) is 1. The molecule has 3 aromatic rings. The van der Waals surface area contributed by atoms with Crippen molar-refractivity contribution in [2.45, 2.75) is 0 Å². The lowest BCUT2D eigenvalue weighted by Crippen LogP contribution is -2.02. The van der Waals surface area contributed by atoms with E-state index < -0.39 is 0 Å². The van der Waals surface area contributed by atoms with Crippen molar-refractivity contribution in [2.24, 2.45) is 0 Å². The summed E-state index contributed by atoms with van der Waals surface area (Å²) in [6, 6.07) is 13.6. The van der Waals surface area contributed by atoms with E-state index in [1.807, 2.05) is 42.5 Å². The van der Waals surface area contributed by atoms with Gasteiger partial charge in [0, 0.05) is 5.56 Å². The molecule has 2 heterocycles. The van der Waals surface area contributed by atoms with Crippen molar-refractivity contribution in [2.75, 3.05) is 5.32 Å². The van der Waals surface area contributed by atoms with Crippen molar-refractivity contribution < 1.29 is 4.74 Å². The monoisotopic (exact) mass is 251 g/mol. The maximum absolute atomic E-state index is 5.87. The molecule has 0 amide bonds. The summed E-state index contributed by atoms with van der Waals surface area (Å²) in [6.07, 6.45) is 0. The van der Waals surface area contributed by atoms with Crippen LogP contribution in [0.1, 0.15) is 0 Å². The molecule has 1 aliphatic heterocycles. The first kappa shape index (κ1) is 10.1. The molecule has 0 spiro atoms. The van der Waals surface area contributed by atoms with Crippen LogP contribution in [0.4, 0.5) is 11.4 Å². The highest BCUT2D eigenvalue weighted by Gasteiger charge is 2.17. The van der Waals surface area contributed by atoms with E-state index in [-0.39, 0.29) is 0 Å². The van der Waals surface area contributed by atoms with Crippen LogP contribution in [0.5, 0.6) is 11.5 Å². The molecule has 0 aliphatic carbocycles. The molecule has 92 valence electrons. The number of para-hydroxylation sites is 2. The van der Waals surface area contributed by atoms with Gasteiger partial charge >= 0.3 is 0 Å². The Hall–Kier alpha value is -2.89. The van der Waals surface area contributed by atoms with Crippen LogP contribution in [0.3, 0.4) is 0 Å². The largest absolute Gasteiger partial charge is 0.453 e. The zero-order chi connectivity index (χ0) is 12.7. The first-order chi connectivity index (χ1) is 9.40. The van der Waals surface area contributed by atoms with Gasteiger partial charge in [-0.3, -0.25) is 0 Å². The van der Waals surface area contributed by atoms with E-state index in [1.54, 1.807) is 0 Å². The molecule has 0 unspecified atom stereocenters. The average molecular weight is 251 g/mol. The molecule has 0 fully saturated rings. The van der Waals surface area contributed by atoms with Gasteiger partial charge in [0.15, 0.2) is 11.5 Å². The van der Waals surface area contributed by atoms with Gasteiger partial charge in [-0.25, -0.2) is 0 Å². The zero-order valence-electron chi connectivity index (χ0n) is 9.79. The number of fused-ring (bicyclic) bond motifs is 2. The van der Waals surface area contributed by atoms with Crippen LogP contribution >= 0.6 is 0 Å². The fraction of sp³-hybridized carbons (Fsp3) is 0. The topological polar surface area (TPSA) is 75.7 Å². The van der Waals surface area contributed by atoms with Crippen LogP contribution in [0.2, 0.25) is 0 Å². The Morgan fingerprint density at radius 1 is 0.947 bits per heavy atom. The Labute approximate surface area is 108 Å². The van der Waals surface area contributed by atoms with Gasteiger partial charge in [0.2, 0.25) is 5.82 Å². The molecule has 2 aromatic carbocycles. The molecule has 0 saturated heterocycles. The third-order valence-corrected chi connectivity index (χ3v) is 2.96. The van der Waals surface area contributed by atoms with Gasteiger partial charge in [-0.1, -0.05) is 12.1 Å². The number of rotatable bonds is 1. The highest BCUT2D eigenvalue weighted by Crippen LogP contribution is 2.42. The summed E-state index contributed by atoms with van der Waals surface area (Å²) < 4.78 is 5.87. The smallest absolute Gasteiger partial charge is 0.204 e. The predicted octanol–water partition coefficient (Wildman–Crippen LogP) is 2.72. The van der Waals surface area contributed by atoms with Crippen LogP contribution in [0.25, 0.3) is 11.4 Å². The third-order valence-electron chi connectivity index (χ3n) is 2.96. The molecular weight excluding hydrogens is 242 g/mol. The molecule has 6 heteroatoms. The molecular formula is C13H9N5O. The number of benzene rings is 2. The molecule has 1 aliphatic rings. The lowest BCUT2D eigenvalue weighted by Gasteiger charge is -2.21. The standard InChI is InChI=1S/C13H9N5O/c1-2-4-11-9(3-1)14-10-6-5-8(7-12(10)19-11)13-15-17-18-16-13/h1-7,14H,(H,15,16,17,18). The number of nitrogens with zero attached hydrogens (tertiary/aromatic N) is 3. The number of tetrazole rings is 1. The van der Waals surface area contributed by atoms with Crippen molar-refractivity contribution in [3.05, 3.63) is 42.5 Å². The first-order valence-electron chi connectivity index (χ1n) is 5.82. The van der Waals surface area contributed by atoms with Crippen LogP contribution < -0.4 is 10.1 Å². The molecule has 0 bridgehead atoms. The summed E-state index contributed by atoms with van der Waals surface area (Å²) in [5.74, 6) is 2.10. The number of hydrogen-bond donors (Lipinski definition) is 2. The fourth-order valence-electron chi connectivity index (χ4n) is 2.06. The quantitative estimate of drug-likeness (QED) is 0.544. The van der Waals surface area contributed by atoms with Gasteiger partial charge in [0.05, 0.1) is 11.4 Å². The second-order valence-electron chi connectivity index (χ2n) is 4.17. The zero-order valence-corrected chi connectivity index (χ0v) is 9.79. The average Bonchev–Trinajstić information content (AvgIpc) is 2.98. The Morgan fingerprint density at radius 3 is 2.74 bits per heavy atom. The summed E-state index contributed by atoms with van der Waals surface area (Å²) in [5.41, 5.74) is 2.74. The first-order valence-corrected chi connectivity index (χ1v) is 5.82. The molecule has 19 heavy (non-hydrogen) atoms. The van der Waals surface area contributed by atoms with E-state index in [0.717, 1.165) is 28.4 Å². The summed E-state index contributed by atoms with van der Waals surface area (Å²) in [6.45, 7) is 0. The van der Waals surface area contributed by atoms with Gasteiger partial charge < -0.3 is 10.1 Å². The van der Waals surface area contributed by atoms with E-state index in [9.17, 15) is 0 Å². The number of hydrogen-bond acceptors (Lipinski definition) is 5. The highest BCUT2D eigenvalue weighted by atomic mass is 16.5. The second-order valence-corrected chi connectivity index (χ2v) is 4.17. The van der Waals surface area contributed by atoms with E-state index in [1.165, 1.54) is 0 Å².